The Bertz CT molecular complexity index is 743. The van der Waals surface area contributed by atoms with Crippen molar-refractivity contribution in [2.24, 2.45) is 10.2 Å². The first-order valence-corrected chi connectivity index (χ1v) is 9.36. The molecule has 1 N–H and O–H groups in total. The Morgan fingerprint density at radius 3 is 2.00 bits per heavy atom. The lowest BCUT2D eigenvalue weighted by Crippen LogP contribution is -1.98. The third-order valence-electron chi connectivity index (χ3n) is 4.62. The second-order valence-corrected chi connectivity index (χ2v) is 7.23. The maximum absolute atomic E-state index is 10.7. The van der Waals surface area contributed by atoms with Gasteiger partial charge < -0.3 is 5.11 Å². The smallest absolute Gasteiger partial charge is 0.122 e. The third-order valence-corrected chi connectivity index (χ3v) is 5.18. The molecule has 0 aliphatic carbocycles. The maximum atomic E-state index is 10.7. The van der Waals surface area contributed by atoms with Crippen LogP contribution in [0, 0.1) is 0 Å². The molecule has 2 aromatic rings. The fourth-order valence-electron chi connectivity index (χ4n) is 2.59. The molecule has 0 spiro atoms. The summed E-state index contributed by atoms with van der Waals surface area (Å²) in [6.45, 7) is 8.41. The molecule has 0 fully saturated rings. The molecule has 0 saturated carbocycles. The second kappa shape index (κ2) is 8.68. The predicted molar refractivity (Wildman–Crippen MR) is 106 cm³/mol. The van der Waals surface area contributed by atoms with Crippen molar-refractivity contribution < 1.29 is 5.11 Å². The van der Waals surface area contributed by atoms with Crippen LogP contribution in [0.25, 0.3) is 0 Å². The minimum absolute atomic E-state index is 0.243. The molecule has 134 valence electrons. The monoisotopic (exact) mass is 378 g/mol. The summed E-state index contributed by atoms with van der Waals surface area (Å²) >= 11 is 12.1. The average molecular weight is 379 g/mol. The van der Waals surface area contributed by atoms with Crippen LogP contribution in [0.4, 0.5) is 11.4 Å². The maximum Gasteiger partial charge on any atom is 0.122 e. The van der Waals surface area contributed by atoms with Gasteiger partial charge in [0, 0.05) is 5.02 Å². The highest BCUT2D eigenvalue weighted by Gasteiger charge is 2.17. The van der Waals surface area contributed by atoms with Gasteiger partial charge in [-0.2, -0.15) is 5.11 Å². The van der Waals surface area contributed by atoms with E-state index in [1.54, 1.807) is 18.2 Å². The molecule has 0 aliphatic heterocycles. The quantitative estimate of drug-likeness (QED) is 0.506. The standard InChI is InChI=1S/C20H24Cl2N2O/c1-5-12(3)16-10-15(11-17(20(16)25)13(4)6-2)23-24-19-9-14(21)7-8-18(19)22/h7-13,25H,5-6H2,1-4H3/b24-23+. The number of phenols is 1. The van der Waals surface area contributed by atoms with Crippen LogP contribution < -0.4 is 0 Å². The Balaban J connectivity index is 2.49. The van der Waals surface area contributed by atoms with Crippen molar-refractivity contribution in [2.75, 3.05) is 0 Å². The SMILES string of the molecule is CCC(C)c1cc(/N=N/c2cc(Cl)ccc2Cl)cc(C(C)CC)c1O. The largest absolute Gasteiger partial charge is 0.507 e. The molecule has 5 heteroatoms. The Kier molecular flexibility index (Phi) is 6.86. The van der Waals surface area contributed by atoms with Crippen LogP contribution in [-0.2, 0) is 0 Å². The number of hydrogen-bond donors (Lipinski definition) is 1. The zero-order valence-electron chi connectivity index (χ0n) is 15.1. The molecule has 2 unspecified atom stereocenters. The van der Waals surface area contributed by atoms with Gasteiger partial charge in [0.2, 0.25) is 0 Å². The minimum atomic E-state index is 0.243. The van der Waals surface area contributed by atoms with Crippen LogP contribution in [0.3, 0.4) is 0 Å². The van der Waals surface area contributed by atoms with Gasteiger partial charge in [0.15, 0.2) is 0 Å². The third kappa shape index (κ3) is 4.74. The molecule has 0 amide bonds. The molecule has 0 aromatic heterocycles. The van der Waals surface area contributed by atoms with Gasteiger partial charge in [0.05, 0.1) is 10.7 Å². The first kappa shape index (κ1) is 19.7. The summed E-state index contributed by atoms with van der Waals surface area (Å²) < 4.78 is 0. The molecule has 0 aliphatic rings. The van der Waals surface area contributed by atoms with E-state index in [9.17, 15) is 5.11 Å². The predicted octanol–water partition coefficient (Wildman–Crippen LogP) is 8.14. The Morgan fingerprint density at radius 2 is 1.48 bits per heavy atom. The highest BCUT2D eigenvalue weighted by atomic mass is 35.5. The molecule has 2 aromatic carbocycles. The molecular weight excluding hydrogens is 355 g/mol. The number of rotatable bonds is 6. The number of hydrogen-bond acceptors (Lipinski definition) is 3. The van der Waals surface area contributed by atoms with Crippen molar-refractivity contribution in [3.05, 3.63) is 51.5 Å². The van der Waals surface area contributed by atoms with Crippen LogP contribution in [0.5, 0.6) is 5.75 Å². The van der Waals surface area contributed by atoms with Crippen molar-refractivity contribution in [1.82, 2.24) is 0 Å². The van der Waals surface area contributed by atoms with Gasteiger partial charge in [0.25, 0.3) is 0 Å². The van der Waals surface area contributed by atoms with Crippen molar-refractivity contribution in [2.45, 2.75) is 52.4 Å². The normalized spacial score (nSPS) is 14.0. The van der Waals surface area contributed by atoms with Crippen LogP contribution in [0.2, 0.25) is 10.0 Å². The highest BCUT2D eigenvalue weighted by Crippen LogP contribution is 2.40. The van der Waals surface area contributed by atoms with Gasteiger partial charge in [-0.05, 0) is 66.1 Å². The van der Waals surface area contributed by atoms with E-state index >= 15 is 0 Å². The van der Waals surface area contributed by atoms with Crippen molar-refractivity contribution >= 4 is 34.6 Å². The zero-order valence-corrected chi connectivity index (χ0v) is 16.6. The van der Waals surface area contributed by atoms with Crippen molar-refractivity contribution in [3.8, 4) is 5.75 Å². The highest BCUT2D eigenvalue weighted by molar-refractivity contribution is 6.35. The molecule has 0 heterocycles. The fraction of sp³-hybridized carbons (Fsp3) is 0.400. The summed E-state index contributed by atoms with van der Waals surface area (Å²) in [6.07, 6.45) is 1.88. The van der Waals surface area contributed by atoms with Gasteiger partial charge in [-0.25, -0.2) is 0 Å². The van der Waals surface area contributed by atoms with E-state index in [-0.39, 0.29) is 11.8 Å². The van der Waals surface area contributed by atoms with Gasteiger partial charge in [-0.15, -0.1) is 5.11 Å². The lowest BCUT2D eigenvalue weighted by atomic mass is 9.89. The van der Waals surface area contributed by atoms with Crippen molar-refractivity contribution in [1.29, 1.82) is 0 Å². The first-order valence-electron chi connectivity index (χ1n) is 8.60. The lowest BCUT2D eigenvalue weighted by molar-refractivity contribution is 0.449. The number of aromatic hydroxyl groups is 1. The Hall–Kier alpha value is -1.58. The van der Waals surface area contributed by atoms with Crippen LogP contribution in [0.1, 0.15) is 63.5 Å². The lowest BCUT2D eigenvalue weighted by Gasteiger charge is -2.18. The average Bonchev–Trinajstić information content (AvgIpc) is 2.61. The molecule has 3 nitrogen and oxygen atoms in total. The number of benzene rings is 2. The van der Waals surface area contributed by atoms with E-state index in [1.165, 1.54) is 0 Å². The second-order valence-electron chi connectivity index (χ2n) is 6.39. The van der Waals surface area contributed by atoms with Crippen LogP contribution >= 0.6 is 23.2 Å². The number of halogens is 2. The van der Waals surface area contributed by atoms with Gasteiger partial charge in [0.1, 0.15) is 11.4 Å². The summed E-state index contributed by atoms with van der Waals surface area (Å²) in [5.41, 5.74) is 3.05. The number of azo groups is 1. The van der Waals surface area contributed by atoms with E-state index in [2.05, 4.69) is 37.9 Å². The zero-order chi connectivity index (χ0) is 18.6. The molecule has 0 saturated heterocycles. The summed E-state index contributed by atoms with van der Waals surface area (Å²) in [5, 5.41) is 20.3. The molecule has 0 radical (unpaired) electrons. The first-order chi connectivity index (χ1) is 11.9. The summed E-state index contributed by atoms with van der Waals surface area (Å²) in [4.78, 5) is 0. The number of nitrogens with zero attached hydrogens (tertiary/aromatic N) is 2. The van der Waals surface area contributed by atoms with Crippen LogP contribution in [0.15, 0.2) is 40.6 Å². The van der Waals surface area contributed by atoms with E-state index in [4.69, 9.17) is 23.2 Å². The topological polar surface area (TPSA) is 45.0 Å². The van der Waals surface area contributed by atoms with Gasteiger partial charge >= 0.3 is 0 Å². The van der Waals surface area contributed by atoms with E-state index in [0.717, 1.165) is 24.0 Å². The summed E-state index contributed by atoms with van der Waals surface area (Å²) in [6, 6.07) is 8.89. The molecule has 25 heavy (non-hydrogen) atoms. The fourth-order valence-corrected chi connectivity index (χ4v) is 2.91. The van der Waals surface area contributed by atoms with Crippen molar-refractivity contribution in [3.63, 3.8) is 0 Å². The summed E-state index contributed by atoms with van der Waals surface area (Å²) in [7, 11) is 0. The Morgan fingerprint density at radius 1 is 0.920 bits per heavy atom. The molecule has 2 rings (SSSR count). The van der Waals surface area contributed by atoms with Crippen LogP contribution in [-0.4, -0.2) is 5.11 Å². The Labute approximate surface area is 159 Å². The molecule has 0 bridgehead atoms. The van der Waals surface area contributed by atoms with Gasteiger partial charge in [-0.1, -0.05) is 50.9 Å². The minimum Gasteiger partial charge on any atom is -0.507 e. The number of phenolic OH excluding ortho intramolecular Hbond substituents is 1. The summed E-state index contributed by atoms with van der Waals surface area (Å²) in [5.74, 6) is 0.865. The molecule has 2 atom stereocenters. The van der Waals surface area contributed by atoms with E-state index in [0.29, 0.717) is 27.2 Å². The van der Waals surface area contributed by atoms with E-state index < -0.39 is 0 Å². The molecular formula is C20H24Cl2N2O. The van der Waals surface area contributed by atoms with Gasteiger partial charge in [-0.3, -0.25) is 0 Å². The van der Waals surface area contributed by atoms with E-state index in [1.807, 2.05) is 12.1 Å².